The van der Waals surface area contributed by atoms with Gasteiger partial charge < -0.3 is 19.7 Å². The molecule has 3 atom stereocenters. The number of fused-ring (bicyclic) bond motifs is 2. The fourth-order valence-corrected chi connectivity index (χ4v) is 6.85. The van der Waals surface area contributed by atoms with E-state index in [4.69, 9.17) is 9.47 Å². The Bertz CT molecular complexity index is 1370. The van der Waals surface area contributed by atoms with Gasteiger partial charge in [-0.2, -0.15) is 0 Å². The number of benzene rings is 4. The molecule has 5 heteroatoms. The number of carbonyl (C=O) groups is 1. The summed E-state index contributed by atoms with van der Waals surface area (Å²) in [6.07, 6.45) is 1.36. The summed E-state index contributed by atoms with van der Waals surface area (Å²) < 4.78 is 11.0. The van der Waals surface area contributed by atoms with Gasteiger partial charge in [-0.1, -0.05) is 97.1 Å². The van der Waals surface area contributed by atoms with Gasteiger partial charge in [0.25, 0.3) is 0 Å². The van der Waals surface area contributed by atoms with Gasteiger partial charge in [0.1, 0.15) is 0 Å². The molecule has 0 radical (unpaired) electrons. The van der Waals surface area contributed by atoms with Gasteiger partial charge in [0.2, 0.25) is 12.7 Å². The molecule has 4 aromatic carbocycles. The van der Waals surface area contributed by atoms with E-state index in [1.54, 1.807) is 0 Å². The van der Waals surface area contributed by atoms with Crippen LogP contribution in [0.25, 0.3) is 0 Å². The predicted octanol–water partition coefficient (Wildman–Crippen LogP) is 5.43. The van der Waals surface area contributed by atoms with E-state index in [0.717, 1.165) is 54.2 Å². The third-order valence-corrected chi connectivity index (χ3v) is 8.98. The summed E-state index contributed by atoms with van der Waals surface area (Å²) >= 11 is 0. The minimum atomic E-state index is -0.561. The molecule has 0 aromatic heterocycles. The number of likely N-dealkylation sites (tertiary alicyclic amines) is 1. The minimum Gasteiger partial charge on any atom is -0.454 e. The van der Waals surface area contributed by atoms with Gasteiger partial charge in [0.05, 0.1) is 5.41 Å². The largest absolute Gasteiger partial charge is 0.454 e. The normalized spacial score (nSPS) is 21.1. The van der Waals surface area contributed by atoms with Crippen LogP contribution in [0.2, 0.25) is 0 Å². The minimum absolute atomic E-state index is 0.114. The Morgan fingerprint density at radius 1 is 0.750 bits per heavy atom. The number of carbonyl (C=O) groups excluding carboxylic acids is 1. The Labute approximate surface area is 235 Å². The first-order valence-electron chi connectivity index (χ1n) is 14.3. The highest BCUT2D eigenvalue weighted by Gasteiger charge is 2.56. The number of ether oxygens (including phenoxy) is 2. The molecule has 40 heavy (non-hydrogen) atoms. The summed E-state index contributed by atoms with van der Waals surface area (Å²) in [5, 5.41) is 3.45. The van der Waals surface area contributed by atoms with Crippen molar-refractivity contribution < 1.29 is 14.3 Å². The molecular weight excluding hydrogens is 496 g/mol. The maximum Gasteiger partial charge on any atom is 0.231 e. The molecule has 0 spiro atoms. The highest BCUT2D eigenvalue weighted by atomic mass is 16.7. The molecule has 1 amide bonds. The zero-order chi connectivity index (χ0) is 26.9. The maximum absolute atomic E-state index is 13.8. The summed E-state index contributed by atoms with van der Waals surface area (Å²) in [4.78, 5) is 16.3. The fraction of sp³-hybridized carbons (Fsp3) is 0.286. The number of amides is 1. The predicted molar refractivity (Wildman–Crippen MR) is 155 cm³/mol. The molecule has 4 aromatic rings. The van der Waals surface area contributed by atoms with Crippen molar-refractivity contribution in [2.24, 2.45) is 11.8 Å². The summed E-state index contributed by atoms with van der Waals surface area (Å²) in [6, 6.07) is 37.9. The summed E-state index contributed by atoms with van der Waals surface area (Å²) in [6.45, 7) is 3.42. The van der Waals surface area contributed by atoms with Crippen molar-refractivity contribution in [3.63, 3.8) is 0 Å². The number of hydrogen-bond donors (Lipinski definition) is 1. The monoisotopic (exact) mass is 530 g/mol. The van der Waals surface area contributed by atoms with Gasteiger partial charge in [-0.05, 0) is 52.6 Å². The van der Waals surface area contributed by atoms with E-state index in [2.05, 4.69) is 95.1 Å². The van der Waals surface area contributed by atoms with Crippen LogP contribution in [0.3, 0.4) is 0 Å². The molecule has 2 aliphatic heterocycles. The van der Waals surface area contributed by atoms with Gasteiger partial charge in [0, 0.05) is 32.1 Å². The third-order valence-electron chi connectivity index (χ3n) is 8.98. The van der Waals surface area contributed by atoms with Crippen molar-refractivity contribution in [1.82, 2.24) is 10.2 Å². The van der Waals surface area contributed by atoms with E-state index in [-0.39, 0.29) is 11.9 Å². The summed E-state index contributed by atoms with van der Waals surface area (Å²) in [5.41, 5.74) is 4.11. The van der Waals surface area contributed by atoms with Crippen LogP contribution in [0.15, 0.2) is 109 Å². The van der Waals surface area contributed by atoms with Gasteiger partial charge in [0.15, 0.2) is 11.5 Å². The standard InChI is InChI=1S/C35H34N2O3/c38-33(36-34-29-22-37(23-30(29)34)19-18-25-16-17-31-32(20-25)40-24-39-31)21-35(26-10-4-1-5-11-26,27-12-6-2-7-13-27)28-14-8-3-9-15-28/h1-17,20,29-30,34H,18-19,21-24H2,(H,36,38)/t29-,30+,34?. The smallest absolute Gasteiger partial charge is 0.231 e. The molecule has 7 rings (SSSR count). The lowest BCUT2D eigenvalue weighted by Crippen LogP contribution is -2.40. The Morgan fingerprint density at radius 2 is 1.30 bits per heavy atom. The van der Waals surface area contributed by atoms with E-state index in [1.807, 2.05) is 24.3 Å². The second kappa shape index (κ2) is 10.5. The van der Waals surface area contributed by atoms with Crippen LogP contribution in [-0.4, -0.2) is 43.3 Å². The van der Waals surface area contributed by atoms with Crippen LogP contribution in [0.5, 0.6) is 11.5 Å². The summed E-state index contributed by atoms with van der Waals surface area (Å²) in [5.74, 6) is 2.88. The van der Waals surface area contributed by atoms with Crippen molar-refractivity contribution in [2.45, 2.75) is 24.3 Å². The fourth-order valence-electron chi connectivity index (χ4n) is 6.85. The lowest BCUT2D eigenvalue weighted by Gasteiger charge is -2.35. The van der Waals surface area contributed by atoms with Crippen LogP contribution >= 0.6 is 0 Å². The summed E-state index contributed by atoms with van der Waals surface area (Å²) in [7, 11) is 0. The molecule has 1 saturated carbocycles. The highest BCUT2D eigenvalue weighted by Crippen LogP contribution is 2.47. The Hall–Kier alpha value is -4.09. The van der Waals surface area contributed by atoms with E-state index in [0.29, 0.717) is 25.0 Å². The molecular formula is C35H34N2O3. The van der Waals surface area contributed by atoms with Gasteiger partial charge in [-0.3, -0.25) is 4.79 Å². The van der Waals surface area contributed by atoms with Crippen LogP contribution in [0, 0.1) is 11.8 Å². The van der Waals surface area contributed by atoms with Gasteiger partial charge in [-0.15, -0.1) is 0 Å². The van der Waals surface area contributed by atoms with Crippen molar-refractivity contribution in [3.8, 4) is 11.5 Å². The molecule has 1 saturated heterocycles. The molecule has 2 heterocycles. The van der Waals surface area contributed by atoms with E-state index >= 15 is 0 Å². The molecule has 1 unspecified atom stereocenters. The second-order valence-corrected chi connectivity index (χ2v) is 11.3. The second-order valence-electron chi connectivity index (χ2n) is 11.3. The molecule has 1 aliphatic carbocycles. The van der Waals surface area contributed by atoms with Crippen LogP contribution in [-0.2, 0) is 16.6 Å². The van der Waals surface area contributed by atoms with Crippen molar-refractivity contribution in [3.05, 3.63) is 131 Å². The van der Waals surface area contributed by atoms with Crippen LogP contribution in [0.1, 0.15) is 28.7 Å². The maximum atomic E-state index is 13.8. The number of nitrogens with one attached hydrogen (secondary N) is 1. The Kier molecular flexibility index (Phi) is 6.52. The molecule has 0 bridgehead atoms. The number of hydrogen-bond acceptors (Lipinski definition) is 4. The molecule has 202 valence electrons. The lowest BCUT2D eigenvalue weighted by atomic mass is 9.67. The quantitative estimate of drug-likeness (QED) is 0.293. The van der Waals surface area contributed by atoms with E-state index < -0.39 is 5.41 Å². The first-order valence-corrected chi connectivity index (χ1v) is 14.3. The van der Waals surface area contributed by atoms with Gasteiger partial charge in [-0.25, -0.2) is 0 Å². The van der Waals surface area contributed by atoms with Crippen LogP contribution in [0.4, 0.5) is 0 Å². The van der Waals surface area contributed by atoms with Crippen molar-refractivity contribution in [1.29, 1.82) is 0 Å². The molecule has 1 N–H and O–H groups in total. The Balaban J connectivity index is 1.03. The SMILES string of the molecule is O=C(CC(c1ccccc1)(c1ccccc1)c1ccccc1)NC1[C@H]2CN(CCc3ccc4c(c3)OCO4)C[C@@H]12. The molecule has 5 nitrogen and oxygen atoms in total. The number of rotatable bonds is 9. The zero-order valence-corrected chi connectivity index (χ0v) is 22.5. The number of piperidine rings is 1. The molecule has 2 fully saturated rings. The number of nitrogens with zero attached hydrogens (tertiary/aromatic N) is 1. The van der Waals surface area contributed by atoms with Crippen LogP contribution < -0.4 is 14.8 Å². The highest BCUT2D eigenvalue weighted by molar-refractivity contribution is 5.81. The third kappa shape index (κ3) is 4.65. The lowest BCUT2D eigenvalue weighted by molar-refractivity contribution is -0.122. The van der Waals surface area contributed by atoms with E-state index in [1.165, 1.54) is 5.56 Å². The van der Waals surface area contributed by atoms with Crippen molar-refractivity contribution in [2.75, 3.05) is 26.4 Å². The average molecular weight is 531 g/mol. The molecule has 3 aliphatic rings. The average Bonchev–Trinajstić information content (AvgIpc) is 3.35. The topological polar surface area (TPSA) is 50.8 Å². The van der Waals surface area contributed by atoms with Crippen molar-refractivity contribution >= 4 is 5.91 Å². The Morgan fingerprint density at radius 3 is 1.88 bits per heavy atom. The zero-order valence-electron chi connectivity index (χ0n) is 22.5. The first-order chi connectivity index (χ1) is 19.7. The van der Waals surface area contributed by atoms with E-state index in [9.17, 15) is 4.79 Å². The first kappa shape index (κ1) is 24.9. The van der Waals surface area contributed by atoms with Gasteiger partial charge >= 0.3 is 0 Å².